The van der Waals surface area contributed by atoms with Crippen molar-refractivity contribution in [3.63, 3.8) is 0 Å². The summed E-state index contributed by atoms with van der Waals surface area (Å²) < 4.78 is 2.15. The van der Waals surface area contributed by atoms with Crippen molar-refractivity contribution in [1.82, 2.24) is 20.2 Å². The molecule has 2 aliphatic carbocycles. The van der Waals surface area contributed by atoms with Crippen molar-refractivity contribution in [2.45, 2.75) is 69.5 Å². The average molecular weight is 417 g/mol. The number of piperazine rings is 1. The Balaban J connectivity index is 1.41. The molecule has 0 bridgehead atoms. The summed E-state index contributed by atoms with van der Waals surface area (Å²) in [5.41, 5.74) is 1.28. The van der Waals surface area contributed by atoms with Crippen LogP contribution in [0.25, 0.3) is 0 Å². The van der Waals surface area contributed by atoms with Crippen molar-refractivity contribution < 1.29 is 9.80 Å². The molecule has 2 heterocycles. The molecule has 2 aromatic rings. The van der Waals surface area contributed by atoms with Gasteiger partial charge in [-0.2, -0.15) is 0 Å². The minimum absolute atomic E-state index is 0.188. The van der Waals surface area contributed by atoms with E-state index in [0.717, 1.165) is 16.9 Å². The number of benzene rings is 1. The van der Waals surface area contributed by atoms with Crippen LogP contribution < -0.4 is 9.80 Å². The second kappa shape index (κ2) is 8.70. The van der Waals surface area contributed by atoms with Gasteiger partial charge in [-0.25, -0.2) is 4.68 Å². The van der Waals surface area contributed by atoms with E-state index in [1.54, 1.807) is 4.90 Å². The van der Waals surface area contributed by atoms with Crippen LogP contribution in [0.4, 0.5) is 0 Å². The summed E-state index contributed by atoms with van der Waals surface area (Å²) in [6.07, 6.45) is 10.7. The molecule has 0 spiro atoms. The maximum Gasteiger partial charge on any atom is 0.214 e. The molecule has 2 saturated carbocycles. The van der Waals surface area contributed by atoms with Gasteiger partial charge in [-0.1, -0.05) is 36.6 Å². The predicted octanol–water partition coefficient (Wildman–Crippen LogP) is 1.26. The fraction of sp³-hybridized carbons (Fsp3) is 0.682. The molecular formula is C22H33ClN6+2. The average Bonchev–Trinajstić information content (AvgIpc) is 3.52. The summed E-state index contributed by atoms with van der Waals surface area (Å²) in [6, 6.07) is 9.90. The highest BCUT2D eigenvalue weighted by atomic mass is 35.5. The first-order chi connectivity index (χ1) is 14.3. The Morgan fingerprint density at radius 1 is 0.897 bits per heavy atom. The summed E-state index contributed by atoms with van der Waals surface area (Å²) in [6.45, 7) is 4.87. The zero-order valence-corrected chi connectivity index (χ0v) is 17.9. The van der Waals surface area contributed by atoms with Crippen molar-refractivity contribution in [2.75, 3.05) is 26.2 Å². The minimum atomic E-state index is 0.188. The fourth-order valence-electron chi connectivity index (χ4n) is 5.95. The lowest BCUT2D eigenvalue weighted by atomic mass is 10.0. The van der Waals surface area contributed by atoms with Gasteiger partial charge in [0, 0.05) is 10.6 Å². The molecule has 5 rings (SSSR count). The Bertz CT molecular complexity index is 786. The van der Waals surface area contributed by atoms with Crippen LogP contribution >= 0.6 is 11.6 Å². The first-order valence-electron chi connectivity index (χ1n) is 11.5. The number of tetrazole rings is 1. The Labute approximate surface area is 178 Å². The van der Waals surface area contributed by atoms with Crippen molar-refractivity contribution in [1.29, 1.82) is 0 Å². The van der Waals surface area contributed by atoms with Gasteiger partial charge in [0.05, 0.1) is 12.1 Å². The second-order valence-corrected chi connectivity index (χ2v) is 9.64. The standard InChI is InChI=1S/C22H31ClN6/c23-18-11-9-17(10-12-18)21(22-24-25-26-29(22)20-7-3-4-8-20)28-15-13-27(14-16-28)19-5-1-2-6-19/h9-12,19-21H,1-8,13-16H2/p+2/t21-/m0/s1. The summed E-state index contributed by atoms with van der Waals surface area (Å²) in [5.74, 6) is 1.04. The van der Waals surface area contributed by atoms with E-state index in [9.17, 15) is 0 Å². The lowest BCUT2D eigenvalue weighted by Gasteiger charge is -2.36. The van der Waals surface area contributed by atoms with Crippen LogP contribution in [0, 0.1) is 0 Å². The monoisotopic (exact) mass is 416 g/mol. The molecule has 1 aromatic carbocycles. The van der Waals surface area contributed by atoms with Gasteiger partial charge in [0.25, 0.3) is 0 Å². The molecule has 1 aromatic heterocycles. The highest BCUT2D eigenvalue weighted by Gasteiger charge is 2.39. The summed E-state index contributed by atoms with van der Waals surface area (Å²) in [4.78, 5) is 3.43. The Hall–Kier alpha value is -1.50. The number of nitrogens with one attached hydrogen (secondary N) is 2. The molecule has 1 saturated heterocycles. The number of halogens is 1. The fourth-order valence-corrected chi connectivity index (χ4v) is 6.07. The second-order valence-electron chi connectivity index (χ2n) is 9.20. The van der Waals surface area contributed by atoms with E-state index in [1.165, 1.54) is 83.1 Å². The normalized spacial score (nSPS) is 27.5. The molecule has 29 heavy (non-hydrogen) atoms. The number of hydrogen-bond acceptors (Lipinski definition) is 3. The zero-order chi connectivity index (χ0) is 19.6. The first-order valence-corrected chi connectivity index (χ1v) is 11.9. The lowest BCUT2D eigenvalue weighted by molar-refractivity contribution is -1.03. The zero-order valence-electron chi connectivity index (χ0n) is 17.2. The van der Waals surface area contributed by atoms with Crippen molar-refractivity contribution in [3.05, 3.63) is 40.7 Å². The highest BCUT2D eigenvalue weighted by Crippen LogP contribution is 2.31. The number of hydrogen-bond donors (Lipinski definition) is 2. The summed E-state index contributed by atoms with van der Waals surface area (Å²) in [5, 5.41) is 13.9. The van der Waals surface area contributed by atoms with E-state index < -0.39 is 0 Å². The Morgan fingerprint density at radius 3 is 2.24 bits per heavy atom. The van der Waals surface area contributed by atoms with Crippen LogP contribution in [0.3, 0.4) is 0 Å². The van der Waals surface area contributed by atoms with Crippen molar-refractivity contribution in [2.24, 2.45) is 0 Å². The van der Waals surface area contributed by atoms with Crippen molar-refractivity contribution in [3.8, 4) is 0 Å². The largest absolute Gasteiger partial charge is 0.323 e. The van der Waals surface area contributed by atoms with E-state index in [1.807, 2.05) is 17.0 Å². The minimum Gasteiger partial charge on any atom is -0.323 e. The quantitative estimate of drug-likeness (QED) is 0.771. The third kappa shape index (κ3) is 4.07. The van der Waals surface area contributed by atoms with Gasteiger partial charge in [0.2, 0.25) is 5.82 Å². The first kappa shape index (κ1) is 19.5. The third-order valence-corrected chi connectivity index (χ3v) is 7.78. The lowest BCUT2D eigenvalue weighted by Crippen LogP contribution is -3.29. The summed E-state index contributed by atoms with van der Waals surface area (Å²) >= 11 is 6.20. The SMILES string of the molecule is Clc1ccc([C@@H](c2nnnn2C2CCCC2)[NH+]2CC[NH+](C3CCCC3)CC2)cc1. The molecule has 0 radical (unpaired) electrons. The summed E-state index contributed by atoms with van der Waals surface area (Å²) in [7, 11) is 0. The van der Waals surface area contributed by atoms with E-state index in [2.05, 4.69) is 32.3 Å². The third-order valence-electron chi connectivity index (χ3n) is 7.53. The van der Waals surface area contributed by atoms with Crippen LogP contribution in [-0.2, 0) is 0 Å². The molecule has 0 amide bonds. The van der Waals surface area contributed by atoms with Crippen LogP contribution in [0.5, 0.6) is 0 Å². The van der Waals surface area contributed by atoms with Gasteiger partial charge in [0.1, 0.15) is 26.2 Å². The Kier molecular flexibility index (Phi) is 5.84. The van der Waals surface area contributed by atoms with Gasteiger partial charge in [0.15, 0.2) is 6.04 Å². The van der Waals surface area contributed by atoms with Gasteiger partial charge in [-0.15, -0.1) is 5.10 Å². The van der Waals surface area contributed by atoms with Gasteiger partial charge in [-0.05, 0) is 61.1 Å². The number of aromatic nitrogens is 4. The molecule has 156 valence electrons. The van der Waals surface area contributed by atoms with E-state index in [0.29, 0.717) is 6.04 Å². The number of nitrogens with zero attached hydrogens (tertiary/aromatic N) is 4. The topological polar surface area (TPSA) is 52.5 Å². The molecule has 7 heteroatoms. The number of quaternary nitrogens is 2. The molecular weight excluding hydrogens is 384 g/mol. The smallest absolute Gasteiger partial charge is 0.214 e. The highest BCUT2D eigenvalue weighted by molar-refractivity contribution is 6.30. The van der Waals surface area contributed by atoms with E-state index in [-0.39, 0.29) is 6.04 Å². The van der Waals surface area contributed by atoms with E-state index in [4.69, 9.17) is 11.6 Å². The van der Waals surface area contributed by atoms with Gasteiger partial charge in [-0.3, -0.25) is 0 Å². The predicted molar refractivity (Wildman–Crippen MR) is 112 cm³/mol. The number of rotatable bonds is 5. The molecule has 3 fully saturated rings. The van der Waals surface area contributed by atoms with E-state index >= 15 is 0 Å². The molecule has 2 N–H and O–H groups in total. The van der Waals surface area contributed by atoms with Crippen LogP contribution in [0.2, 0.25) is 5.02 Å². The molecule has 0 unspecified atom stereocenters. The van der Waals surface area contributed by atoms with Crippen LogP contribution in [0.1, 0.15) is 74.8 Å². The molecule has 3 aliphatic rings. The Morgan fingerprint density at radius 2 is 1.55 bits per heavy atom. The maximum atomic E-state index is 6.20. The molecule has 6 nitrogen and oxygen atoms in total. The molecule has 1 aliphatic heterocycles. The maximum absolute atomic E-state index is 6.20. The van der Waals surface area contributed by atoms with Gasteiger partial charge < -0.3 is 9.80 Å². The van der Waals surface area contributed by atoms with Crippen LogP contribution in [-0.4, -0.2) is 52.4 Å². The van der Waals surface area contributed by atoms with Crippen molar-refractivity contribution >= 4 is 11.6 Å². The van der Waals surface area contributed by atoms with Gasteiger partial charge >= 0.3 is 0 Å². The molecule has 1 atom stereocenters. The van der Waals surface area contributed by atoms with Crippen LogP contribution in [0.15, 0.2) is 24.3 Å².